The van der Waals surface area contributed by atoms with Crippen LogP contribution < -0.4 is 4.72 Å². The molecular weight excluding hydrogens is 288 g/mol. The van der Waals surface area contributed by atoms with Gasteiger partial charge in [-0.1, -0.05) is 12.8 Å². The van der Waals surface area contributed by atoms with E-state index in [1.54, 1.807) is 0 Å². The fourth-order valence-corrected chi connectivity index (χ4v) is 4.42. The first kappa shape index (κ1) is 14.4. The Kier molecular flexibility index (Phi) is 4.54. The Hall–Kier alpha value is -0.990. The molecule has 0 aromatic carbocycles. The summed E-state index contributed by atoms with van der Waals surface area (Å²) in [4.78, 5) is 14.7. The molecule has 106 valence electrons. The Balaban J connectivity index is 1.87. The monoisotopic (exact) mass is 304 g/mol. The maximum absolute atomic E-state index is 11.8. The van der Waals surface area contributed by atoms with Gasteiger partial charge in [0.1, 0.15) is 9.88 Å². The van der Waals surface area contributed by atoms with Crippen molar-refractivity contribution in [3.05, 3.63) is 16.1 Å². The average Bonchev–Trinajstić information content (AvgIpc) is 2.96. The predicted octanol–water partition coefficient (Wildman–Crippen LogP) is 1.45. The summed E-state index contributed by atoms with van der Waals surface area (Å²) >= 11 is 0.987. The summed E-state index contributed by atoms with van der Waals surface area (Å²) < 4.78 is 26.2. The van der Waals surface area contributed by atoms with Crippen LogP contribution in [-0.4, -0.2) is 30.2 Å². The zero-order valence-corrected chi connectivity index (χ0v) is 12.0. The number of aromatic carboxylic acids is 1. The Labute approximate surface area is 115 Å². The fourth-order valence-electron chi connectivity index (χ4n) is 2.21. The first-order valence-corrected chi connectivity index (χ1v) is 8.58. The van der Waals surface area contributed by atoms with Crippen LogP contribution in [0.4, 0.5) is 0 Å². The molecule has 0 atom stereocenters. The highest BCUT2D eigenvalue weighted by Gasteiger charge is 2.22. The van der Waals surface area contributed by atoms with E-state index in [0.29, 0.717) is 5.01 Å². The first-order valence-electron chi connectivity index (χ1n) is 6.11. The molecule has 0 unspecified atom stereocenters. The van der Waals surface area contributed by atoms with Crippen molar-refractivity contribution < 1.29 is 18.3 Å². The van der Waals surface area contributed by atoms with Gasteiger partial charge in [0, 0.05) is 0 Å². The third-order valence-corrected chi connectivity index (χ3v) is 5.62. The topological polar surface area (TPSA) is 96.4 Å². The van der Waals surface area contributed by atoms with Gasteiger partial charge in [0.25, 0.3) is 0 Å². The van der Waals surface area contributed by atoms with E-state index >= 15 is 0 Å². The van der Waals surface area contributed by atoms with Gasteiger partial charge < -0.3 is 5.11 Å². The van der Waals surface area contributed by atoms with Crippen LogP contribution in [0.3, 0.4) is 0 Å². The Morgan fingerprint density at radius 2 is 2.16 bits per heavy atom. The van der Waals surface area contributed by atoms with Crippen molar-refractivity contribution in [1.29, 1.82) is 0 Å². The molecule has 2 rings (SSSR count). The van der Waals surface area contributed by atoms with Crippen molar-refractivity contribution in [2.24, 2.45) is 5.92 Å². The number of nitrogens with zero attached hydrogens (tertiary/aromatic N) is 1. The number of carboxylic acid groups (broad SMARTS) is 1. The molecule has 0 spiro atoms. The van der Waals surface area contributed by atoms with Gasteiger partial charge >= 0.3 is 5.97 Å². The minimum Gasteiger partial charge on any atom is -0.477 e. The summed E-state index contributed by atoms with van der Waals surface area (Å²) in [6.07, 6.45) is 5.40. The maximum atomic E-state index is 11.8. The summed E-state index contributed by atoms with van der Waals surface area (Å²) in [6.45, 7) is 0.0625. The van der Waals surface area contributed by atoms with E-state index in [1.165, 1.54) is 6.20 Å². The highest BCUT2D eigenvalue weighted by molar-refractivity contribution is 7.89. The quantitative estimate of drug-likeness (QED) is 0.829. The number of carboxylic acids is 1. The van der Waals surface area contributed by atoms with Crippen molar-refractivity contribution in [1.82, 2.24) is 9.71 Å². The molecule has 8 heteroatoms. The van der Waals surface area contributed by atoms with Crippen LogP contribution in [0.15, 0.2) is 6.20 Å². The molecule has 0 bridgehead atoms. The van der Waals surface area contributed by atoms with Gasteiger partial charge in [0.15, 0.2) is 0 Å². The predicted molar refractivity (Wildman–Crippen MR) is 71.7 cm³/mol. The number of carbonyl (C=O) groups is 1. The first-order chi connectivity index (χ1) is 8.96. The zero-order chi connectivity index (χ0) is 13.9. The van der Waals surface area contributed by atoms with Crippen LogP contribution in [0, 0.1) is 5.92 Å². The van der Waals surface area contributed by atoms with E-state index in [-0.39, 0.29) is 23.1 Å². The number of sulfonamides is 1. The number of thiazole rings is 1. The summed E-state index contributed by atoms with van der Waals surface area (Å²) in [5.41, 5.74) is 0. The molecule has 1 aliphatic carbocycles. The van der Waals surface area contributed by atoms with E-state index in [4.69, 9.17) is 5.11 Å². The lowest BCUT2D eigenvalue weighted by atomic mass is 10.1. The number of aromatic nitrogens is 1. The van der Waals surface area contributed by atoms with Gasteiger partial charge in [0.05, 0.1) is 18.5 Å². The van der Waals surface area contributed by atoms with Crippen molar-refractivity contribution >= 4 is 27.3 Å². The second kappa shape index (κ2) is 5.98. The van der Waals surface area contributed by atoms with Gasteiger partial charge in [-0.3, -0.25) is 0 Å². The van der Waals surface area contributed by atoms with Crippen LogP contribution in [0.1, 0.15) is 40.4 Å². The zero-order valence-electron chi connectivity index (χ0n) is 10.3. The molecule has 1 saturated carbocycles. The highest BCUT2D eigenvalue weighted by atomic mass is 32.2. The highest BCUT2D eigenvalue weighted by Crippen LogP contribution is 2.25. The SMILES string of the molecule is O=C(O)c1cnc(CNS(=O)(=O)CC2CCCC2)s1. The van der Waals surface area contributed by atoms with Crippen molar-refractivity contribution in [3.8, 4) is 0 Å². The van der Waals surface area contributed by atoms with E-state index in [1.807, 2.05) is 0 Å². The minimum atomic E-state index is -3.30. The van der Waals surface area contributed by atoms with Crippen LogP contribution in [0.25, 0.3) is 0 Å². The standard InChI is InChI=1S/C11H16N2O4S2/c14-11(15)9-5-12-10(18-9)6-13-19(16,17)7-8-3-1-2-4-8/h5,8,13H,1-4,6-7H2,(H,14,15). The number of rotatable bonds is 6. The normalized spacial score (nSPS) is 16.8. The summed E-state index contributed by atoms with van der Waals surface area (Å²) in [7, 11) is -3.30. The van der Waals surface area contributed by atoms with Crippen LogP contribution in [-0.2, 0) is 16.6 Å². The molecule has 2 N–H and O–H groups in total. The van der Waals surface area contributed by atoms with E-state index in [2.05, 4.69) is 9.71 Å². The lowest BCUT2D eigenvalue weighted by Crippen LogP contribution is -2.28. The number of hydrogen-bond acceptors (Lipinski definition) is 5. The second-order valence-corrected chi connectivity index (χ2v) is 7.64. The molecule has 0 aliphatic heterocycles. The van der Waals surface area contributed by atoms with Crippen LogP contribution in [0.2, 0.25) is 0 Å². The molecule has 6 nitrogen and oxygen atoms in total. The average molecular weight is 304 g/mol. The van der Waals surface area contributed by atoms with Crippen molar-refractivity contribution in [2.75, 3.05) is 5.75 Å². The van der Waals surface area contributed by atoms with Gasteiger partial charge in [-0.05, 0) is 18.8 Å². The minimum absolute atomic E-state index is 0.0625. The van der Waals surface area contributed by atoms with Crippen molar-refractivity contribution in [2.45, 2.75) is 32.2 Å². The summed E-state index contributed by atoms with van der Waals surface area (Å²) in [5.74, 6) is -0.634. The van der Waals surface area contributed by atoms with Gasteiger partial charge in [0.2, 0.25) is 10.0 Å². The largest absolute Gasteiger partial charge is 0.477 e. The van der Waals surface area contributed by atoms with Gasteiger partial charge in [-0.2, -0.15) is 0 Å². The Morgan fingerprint density at radius 1 is 1.47 bits per heavy atom. The van der Waals surface area contributed by atoms with Gasteiger partial charge in [-0.25, -0.2) is 22.9 Å². The molecule has 1 aromatic rings. The third-order valence-electron chi connectivity index (χ3n) is 3.14. The lowest BCUT2D eigenvalue weighted by molar-refractivity contribution is 0.0702. The molecular formula is C11H16N2O4S2. The Morgan fingerprint density at radius 3 is 2.74 bits per heavy atom. The summed E-state index contributed by atoms with van der Waals surface area (Å²) in [6, 6.07) is 0. The van der Waals surface area contributed by atoms with E-state index in [9.17, 15) is 13.2 Å². The van der Waals surface area contributed by atoms with E-state index in [0.717, 1.165) is 37.0 Å². The van der Waals surface area contributed by atoms with Crippen LogP contribution >= 0.6 is 11.3 Å². The Bertz CT molecular complexity index is 547. The van der Waals surface area contributed by atoms with Gasteiger partial charge in [-0.15, -0.1) is 11.3 Å². The molecule has 1 aliphatic rings. The molecule has 1 fully saturated rings. The fraction of sp³-hybridized carbons (Fsp3) is 0.636. The number of hydrogen-bond donors (Lipinski definition) is 2. The molecule has 19 heavy (non-hydrogen) atoms. The molecule has 0 saturated heterocycles. The molecule has 0 amide bonds. The smallest absolute Gasteiger partial charge is 0.347 e. The molecule has 0 radical (unpaired) electrons. The second-order valence-electron chi connectivity index (χ2n) is 4.68. The van der Waals surface area contributed by atoms with Crippen molar-refractivity contribution in [3.63, 3.8) is 0 Å². The summed E-state index contributed by atoms with van der Waals surface area (Å²) in [5, 5.41) is 9.21. The number of nitrogens with one attached hydrogen (secondary N) is 1. The molecule has 1 aromatic heterocycles. The molecule has 1 heterocycles. The van der Waals surface area contributed by atoms with Crippen LogP contribution in [0.5, 0.6) is 0 Å². The van der Waals surface area contributed by atoms with E-state index < -0.39 is 16.0 Å². The maximum Gasteiger partial charge on any atom is 0.347 e. The lowest BCUT2D eigenvalue weighted by Gasteiger charge is -2.10. The third kappa shape index (κ3) is 4.26.